The Bertz CT molecular complexity index is 1540. The average Bonchev–Trinajstić information content (AvgIpc) is 3.20. The predicted molar refractivity (Wildman–Crippen MR) is 136 cm³/mol. The smallest absolute Gasteiger partial charge is 0.295 e. The van der Waals surface area contributed by atoms with Crippen LogP contribution in [0.5, 0.6) is 11.5 Å². The number of anilines is 1. The van der Waals surface area contributed by atoms with Crippen molar-refractivity contribution in [3.63, 3.8) is 0 Å². The van der Waals surface area contributed by atoms with E-state index in [-0.39, 0.29) is 28.9 Å². The molecule has 1 unspecified atom stereocenters. The Hall–Kier alpha value is -4.39. The van der Waals surface area contributed by atoms with E-state index < -0.39 is 23.2 Å². The quantitative estimate of drug-likeness (QED) is 0.309. The lowest BCUT2D eigenvalue weighted by Gasteiger charge is -2.26. The number of ether oxygens (including phenoxy) is 2. The maximum absolute atomic E-state index is 14.0. The number of nitrogens with zero attached hydrogens (tertiary/aromatic N) is 1. The van der Waals surface area contributed by atoms with Gasteiger partial charge in [0, 0.05) is 5.69 Å². The number of aryl methyl sites for hydroxylation is 1. The molecular formula is C29H24FNO5. The van der Waals surface area contributed by atoms with Crippen molar-refractivity contribution < 1.29 is 23.1 Å². The van der Waals surface area contributed by atoms with Gasteiger partial charge in [-0.2, -0.15) is 0 Å². The molecule has 1 amide bonds. The number of fused-ring (bicyclic) bond motifs is 2. The van der Waals surface area contributed by atoms with Gasteiger partial charge >= 0.3 is 0 Å². The van der Waals surface area contributed by atoms with E-state index in [9.17, 15) is 14.0 Å². The monoisotopic (exact) mass is 485 g/mol. The van der Waals surface area contributed by atoms with E-state index in [1.807, 2.05) is 31.2 Å². The molecule has 36 heavy (non-hydrogen) atoms. The first-order chi connectivity index (χ1) is 17.5. The number of benzene rings is 3. The summed E-state index contributed by atoms with van der Waals surface area (Å²) in [6.07, 6.45) is 2.47. The molecule has 3 aromatic carbocycles. The second-order valence-corrected chi connectivity index (χ2v) is 8.42. The number of carbonyl (C=O) groups is 1. The zero-order valence-corrected chi connectivity index (χ0v) is 19.9. The molecule has 0 spiro atoms. The van der Waals surface area contributed by atoms with Gasteiger partial charge in [0.25, 0.3) is 5.91 Å². The molecule has 2 heterocycles. The van der Waals surface area contributed by atoms with Gasteiger partial charge in [0.15, 0.2) is 16.9 Å². The summed E-state index contributed by atoms with van der Waals surface area (Å²) in [5.41, 5.74) is 2.19. The maximum atomic E-state index is 14.0. The second-order valence-electron chi connectivity index (χ2n) is 8.42. The highest BCUT2D eigenvalue weighted by Gasteiger charge is 2.44. The van der Waals surface area contributed by atoms with Crippen molar-refractivity contribution in [2.75, 3.05) is 18.6 Å². The van der Waals surface area contributed by atoms with Crippen LogP contribution in [0.25, 0.3) is 11.0 Å². The van der Waals surface area contributed by atoms with E-state index in [4.69, 9.17) is 13.9 Å². The van der Waals surface area contributed by atoms with Crippen LogP contribution in [-0.4, -0.2) is 19.6 Å². The fourth-order valence-corrected chi connectivity index (χ4v) is 4.54. The van der Waals surface area contributed by atoms with Crippen LogP contribution >= 0.6 is 0 Å². The third-order valence-electron chi connectivity index (χ3n) is 6.32. The van der Waals surface area contributed by atoms with E-state index in [0.717, 1.165) is 18.1 Å². The second kappa shape index (κ2) is 9.34. The first-order valence-corrected chi connectivity index (χ1v) is 11.6. The van der Waals surface area contributed by atoms with Crippen LogP contribution < -0.4 is 19.8 Å². The van der Waals surface area contributed by atoms with Crippen LogP contribution in [0.3, 0.4) is 0 Å². The number of carbonyl (C=O) groups excluding carboxylic acids is 1. The molecule has 1 aliphatic rings. The highest BCUT2D eigenvalue weighted by atomic mass is 19.1. The Labute approximate surface area is 207 Å². The lowest BCUT2D eigenvalue weighted by Crippen LogP contribution is -2.29. The standard InChI is InChI=1S/C29H24FNO5/c1-4-14-35-23-12-8-18(15-24(23)34-3)26-25-27(32)21-16-19(30)9-13-22(21)36-28(25)29(33)31(26)20-10-6-17(5-2)7-11-20/h4,6-13,15-16,26H,1,5,14H2,2-3H3. The van der Waals surface area contributed by atoms with Crippen molar-refractivity contribution in [2.24, 2.45) is 0 Å². The zero-order valence-electron chi connectivity index (χ0n) is 19.9. The third kappa shape index (κ3) is 3.82. The van der Waals surface area contributed by atoms with Gasteiger partial charge in [0.05, 0.1) is 24.1 Å². The van der Waals surface area contributed by atoms with Crippen LogP contribution in [0.15, 0.2) is 82.5 Å². The number of rotatable bonds is 7. The molecule has 1 atom stereocenters. The summed E-state index contributed by atoms with van der Waals surface area (Å²) in [6.45, 7) is 5.99. The lowest BCUT2D eigenvalue weighted by molar-refractivity contribution is 0.0971. The third-order valence-corrected chi connectivity index (χ3v) is 6.32. The maximum Gasteiger partial charge on any atom is 0.295 e. The average molecular weight is 486 g/mol. The Morgan fingerprint density at radius 3 is 2.53 bits per heavy atom. The molecule has 0 fully saturated rings. The summed E-state index contributed by atoms with van der Waals surface area (Å²) in [7, 11) is 1.51. The Morgan fingerprint density at radius 1 is 1.06 bits per heavy atom. The minimum absolute atomic E-state index is 0.0605. The van der Waals surface area contributed by atoms with Crippen molar-refractivity contribution in [1.29, 1.82) is 0 Å². The normalized spacial score (nSPS) is 14.7. The van der Waals surface area contributed by atoms with E-state index in [1.165, 1.54) is 24.1 Å². The first kappa shape index (κ1) is 23.4. The van der Waals surface area contributed by atoms with Gasteiger partial charge in [-0.15, -0.1) is 0 Å². The van der Waals surface area contributed by atoms with Crippen molar-refractivity contribution in [3.8, 4) is 11.5 Å². The van der Waals surface area contributed by atoms with Crippen LogP contribution in [0.1, 0.15) is 40.2 Å². The highest BCUT2D eigenvalue weighted by molar-refractivity contribution is 6.10. The fourth-order valence-electron chi connectivity index (χ4n) is 4.54. The van der Waals surface area contributed by atoms with Gasteiger partial charge < -0.3 is 13.9 Å². The number of halogens is 1. The molecule has 5 rings (SSSR count). The highest BCUT2D eigenvalue weighted by Crippen LogP contribution is 2.43. The van der Waals surface area contributed by atoms with Crippen LogP contribution in [0.2, 0.25) is 0 Å². The summed E-state index contributed by atoms with van der Waals surface area (Å²) >= 11 is 0. The summed E-state index contributed by atoms with van der Waals surface area (Å²) in [4.78, 5) is 28.9. The first-order valence-electron chi connectivity index (χ1n) is 11.6. The Morgan fingerprint density at radius 2 is 1.83 bits per heavy atom. The molecule has 182 valence electrons. The molecule has 1 aromatic heterocycles. The fraction of sp³-hybridized carbons (Fsp3) is 0.172. The minimum Gasteiger partial charge on any atom is -0.493 e. The molecule has 1 aliphatic heterocycles. The van der Waals surface area contributed by atoms with Crippen LogP contribution in [0.4, 0.5) is 10.1 Å². The van der Waals surface area contributed by atoms with E-state index >= 15 is 0 Å². The molecular weight excluding hydrogens is 461 g/mol. The van der Waals surface area contributed by atoms with Gasteiger partial charge in [0.2, 0.25) is 5.76 Å². The Balaban J connectivity index is 1.75. The van der Waals surface area contributed by atoms with Crippen LogP contribution in [-0.2, 0) is 6.42 Å². The SMILES string of the molecule is C=CCOc1ccc(C2c3c(oc4ccc(F)cc4c3=O)C(=O)N2c2ccc(CC)cc2)cc1OC. The number of methoxy groups -OCH3 is 1. The van der Waals surface area contributed by atoms with Gasteiger partial charge in [-0.1, -0.05) is 37.8 Å². The number of hydrogen-bond donors (Lipinski definition) is 0. The molecule has 7 heteroatoms. The minimum atomic E-state index is -0.814. The van der Waals surface area contributed by atoms with E-state index in [2.05, 4.69) is 6.58 Å². The van der Waals surface area contributed by atoms with Crippen molar-refractivity contribution in [3.05, 3.63) is 112 Å². The van der Waals surface area contributed by atoms with Gasteiger partial charge in [0.1, 0.15) is 18.0 Å². The molecule has 4 aromatic rings. The van der Waals surface area contributed by atoms with Gasteiger partial charge in [-0.25, -0.2) is 4.39 Å². The topological polar surface area (TPSA) is 69.0 Å². The lowest BCUT2D eigenvalue weighted by atomic mass is 9.97. The Kier molecular flexibility index (Phi) is 6.06. The molecule has 6 nitrogen and oxygen atoms in total. The largest absolute Gasteiger partial charge is 0.493 e. The van der Waals surface area contributed by atoms with Gasteiger partial charge in [-0.3, -0.25) is 14.5 Å². The summed E-state index contributed by atoms with van der Waals surface area (Å²) in [5.74, 6) is -0.138. The molecule has 0 aliphatic carbocycles. The predicted octanol–water partition coefficient (Wildman–Crippen LogP) is 5.82. The van der Waals surface area contributed by atoms with Gasteiger partial charge in [-0.05, 0) is 60.0 Å². The summed E-state index contributed by atoms with van der Waals surface area (Å²) < 4.78 is 31.1. The van der Waals surface area contributed by atoms with Crippen LogP contribution in [0, 0.1) is 5.82 Å². The van der Waals surface area contributed by atoms with E-state index in [0.29, 0.717) is 22.7 Å². The summed E-state index contributed by atoms with van der Waals surface area (Å²) in [6, 6.07) is 15.7. The molecule has 0 saturated heterocycles. The molecule has 0 radical (unpaired) electrons. The van der Waals surface area contributed by atoms with Crippen molar-refractivity contribution in [2.45, 2.75) is 19.4 Å². The molecule has 0 saturated carbocycles. The molecule has 0 N–H and O–H groups in total. The summed E-state index contributed by atoms with van der Waals surface area (Å²) in [5, 5.41) is 0.0765. The molecule has 0 bridgehead atoms. The zero-order chi connectivity index (χ0) is 25.4. The van der Waals surface area contributed by atoms with Crippen molar-refractivity contribution in [1.82, 2.24) is 0 Å². The number of amides is 1. The van der Waals surface area contributed by atoms with Crippen molar-refractivity contribution >= 4 is 22.6 Å². The number of hydrogen-bond acceptors (Lipinski definition) is 5. The van der Waals surface area contributed by atoms with E-state index in [1.54, 1.807) is 24.3 Å².